The summed E-state index contributed by atoms with van der Waals surface area (Å²) >= 11 is 1.93. The average Bonchev–Trinajstić information content (AvgIpc) is 3.48. The molecule has 0 aliphatic rings. The van der Waals surface area contributed by atoms with Gasteiger partial charge in [0.05, 0.1) is 30.2 Å². The molecule has 0 unspecified atom stereocenters. The first kappa shape index (κ1) is 40.0. The van der Waals surface area contributed by atoms with Gasteiger partial charge in [-0.2, -0.15) is 13.1 Å². The molecule has 12 heteroatoms. The number of thiophene rings is 1. The number of rotatable bonds is 11. The molecule has 0 saturated heterocycles. The largest absolute Gasteiger partial charge is 0.504 e. The number of aromatic hydroxyl groups is 1. The molecule has 9 nitrogen and oxygen atoms in total. The summed E-state index contributed by atoms with van der Waals surface area (Å²) in [5.41, 5.74) is -0.392. The normalized spacial score (nSPS) is 11.6. The molecule has 0 spiro atoms. The first-order chi connectivity index (χ1) is 18.6. The summed E-state index contributed by atoms with van der Waals surface area (Å²) < 4.78 is 40.8. The summed E-state index contributed by atoms with van der Waals surface area (Å²) in [5.74, 6) is 2.50. The number of sulfonamides is 1. The monoisotopic (exact) mass is 619 g/mol. The van der Waals surface area contributed by atoms with Gasteiger partial charge in [-0.15, -0.1) is 11.3 Å². The van der Waals surface area contributed by atoms with Gasteiger partial charge in [-0.05, 0) is 45.1 Å². The minimum atomic E-state index is -3.86. The van der Waals surface area contributed by atoms with Gasteiger partial charge in [-0.3, -0.25) is 0 Å². The van der Waals surface area contributed by atoms with Crippen LogP contribution in [0.4, 0.5) is 17.3 Å². The quantitative estimate of drug-likeness (QED) is 0.214. The zero-order valence-electron chi connectivity index (χ0n) is 26.7. The highest BCUT2D eigenvalue weighted by atomic mass is 32.2. The fourth-order valence-corrected chi connectivity index (χ4v) is 5.81. The van der Waals surface area contributed by atoms with Crippen LogP contribution < -0.4 is 10.6 Å². The van der Waals surface area contributed by atoms with E-state index in [0.29, 0.717) is 29.9 Å². The summed E-state index contributed by atoms with van der Waals surface area (Å²) in [6.45, 7) is 28.0. The van der Waals surface area contributed by atoms with Crippen molar-refractivity contribution in [3.05, 3.63) is 30.1 Å². The molecule has 40 heavy (non-hydrogen) atoms. The van der Waals surface area contributed by atoms with Gasteiger partial charge in [0.25, 0.3) is 10.0 Å². The lowest BCUT2D eigenvalue weighted by molar-refractivity contribution is 0.291. The van der Waals surface area contributed by atoms with Gasteiger partial charge in [-0.1, -0.05) is 68.9 Å². The highest BCUT2D eigenvalue weighted by Crippen LogP contribution is 2.41. The lowest BCUT2D eigenvalue weighted by Crippen LogP contribution is -2.42. The van der Waals surface area contributed by atoms with Crippen LogP contribution in [0.25, 0.3) is 0 Å². The minimum Gasteiger partial charge on any atom is -0.504 e. The third-order valence-electron chi connectivity index (χ3n) is 4.50. The molecule has 0 bridgehead atoms. The van der Waals surface area contributed by atoms with Crippen molar-refractivity contribution in [2.24, 2.45) is 11.8 Å². The van der Waals surface area contributed by atoms with Gasteiger partial charge in [0.1, 0.15) is 5.76 Å². The second-order valence-electron chi connectivity index (χ2n) is 10.2. The number of allylic oxidation sites excluding steroid dienone is 1. The molecular weight excluding hydrogens is 567 g/mol. The molecule has 2 aromatic rings. The molecule has 2 heterocycles. The highest BCUT2D eigenvalue weighted by Gasteiger charge is 2.34. The molecule has 0 atom stereocenters. The van der Waals surface area contributed by atoms with Crippen molar-refractivity contribution in [3.63, 3.8) is 0 Å². The van der Waals surface area contributed by atoms with E-state index in [9.17, 15) is 13.5 Å². The number of nitrogens with zero attached hydrogens (tertiary/aromatic N) is 3. The third kappa shape index (κ3) is 14.0. The standard InChI is InChI=1S/C20H31N5O4S3.C4H10.2C2H6/c1-8-29-14(10-9-13(2)3)11-21-17-18(24-31-23-17)22-15-12-30-19(16(15)26)32(27,28)25(7)20(4,5)6;1-4(2)3;2*1-2/h8,10,12-13,26H,1,9,11H2,2-7H3,(H,21,23)(H,22,24);4H,1-3H3;2*1-2H3/b14-10-;;;. The minimum absolute atomic E-state index is 0.131. The third-order valence-corrected chi connectivity index (χ3v) is 8.64. The summed E-state index contributed by atoms with van der Waals surface area (Å²) in [7, 11) is -2.37. The first-order valence-corrected chi connectivity index (χ1v) is 16.8. The Morgan fingerprint density at radius 1 is 1.12 bits per heavy atom. The van der Waals surface area contributed by atoms with E-state index in [-0.39, 0.29) is 15.6 Å². The number of hydrogen-bond donors (Lipinski definition) is 3. The number of aromatic nitrogens is 2. The van der Waals surface area contributed by atoms with Gasteiger partial charge in [-0.25, -0.2) is 8.42 Å². The van der Waals surface area contributed by atoms with Gasteiger partial charge < -0.3 is 20.5 Å². The van der Waals surface area contributed by atoms with Crippen molar-refractivity contribution in [3.8, 4) is 5.75 Å². The predicted octanol–water partition coefficient (Wildman–Crippen LogP) is 8.68. The Morgan fingerprint density at radius 2 is 1.65 bits per heavy atom. The van der Waals surface area contributed by atoms with Gasteiger partial charge in [0, 0.05) is 18.0 Å². The molecule has 2 aromatic heterocycles. The van der Waals surface area contributed by atoms with Crippen LogP contribution in [0.2, 0.25) is 0 Å². The van der Waals surface area contributed by atoms with Crippen LogP contribution >= 0.6 is 23.1 Å². The summed E-state index contributed by atoms with van der Waals surface area (Å²) in [6, 6.07) is 0. The van der Waals surface area contributed by atoms with Crippen LogP contribution in [-0.2, 0) is 14.8 Å². The van der Waals surface area contributed by atoms with E-state index in [0.717, 1.165) is 35.4 Å². The molecule has 0 aliphatic heterocycles. The number of hydrogen-bond acceptors (Lipinski definition) is 10. The van der Waals surface area contributed by atoms with E-state index in [1.807, 2.05) is 33.8 Å². The van der Waals surface area contributed by atoms with Gasteiger partial charge >= 0.3 is 0 Å². The summed E-state index contributed by atoms with van der Waals surface area (Å²) in [5, 5.41) is 18.3. The second kappa shape index (κ2) is 19.8. The first-order valence-electron chi connectivity index (χ1n) is 13.7. The molecule has 3 N–H and O–H groups in total. The molecule has 0 fully saturated rings. The van der Waals surface area contributed by atoms with E-state index in [1.165, 1.54) is 23.0 Å². The fourth-order valence-electron chi connectivity index (χ4n) is 2.41. The topological polar surface area (TPSA) is 117 Å². The van der Waals surface area contributed by atoms with Crippen molar-refractivity contribution >= 4 is 50.4 Å². The number of ether oxygens (including phenoxy) is 1. The van der Waals surface area contributed by atoms with E-state index in [4.69, 9.17) is 4.74 Å². The fraction of sp³-hybridized carbons (Fsp3) is 0.643. The zero-order valence-corrected chi connectivity index (χ0v) is 29.2. The summed E-state index contributed by atoms with van der Waals surface area (Å²) in [6.07, 6.45) is 4.21. The van der Waals surface area contributed by atoms with Crippen LogP contribution in [0.3, 0.4) is 0 Å². The number of nitrogens with one attached hydrogen (secondary N) is 2. The maximum atomic E-state index is 12.9. The smallest absolute Gasteiger partial charge is 0.256 e. The Balaban J connectivity index is 0. The van der Waals surface area contributed by atoms with Gasteiger partial charge in [0.15, 0.2) is 21.6 Å². The SMILES string of the molecule is C=CO/C(=C\CC(C)C)CNc1nsnc1Nc1csc(S(=O)(=O)N(C)C(C)(C)C)c1O.CC.CC.CC(C)C. The predicted molar refractivity (Wildman–Crippen MR) is 174 cm³/mol. The molecule has 0 amide bonds. The highest BCUT2D eigenvalue weighted by molar-refractivity contribution is 7.91. The second-order valence-corrected chi connectivity index (χ2v) is 13.8. The molecule has 0 saturated carbocycles. The van der Waals surface area contributed by atoms with E-state index >= 15 is 0 Å². The van der Waals surface area contributed by atoms with E-state index in [2.05, 4.69) is 60.6 Å². The molecule has 0 aliphatic carbocycles. The summed E-state index contributed by atoms with van der Waals surface area (Å²) in [4.78, 5) is 0. The Morgan fingerprint density at radius 3 is 2.12 bits per heavy atom. The molecule has 0 radical (unpaired) electrons. The average molecular weight is 620 g/mol. The molecule has 0 aromatic carbocycles. The molecule has 2 rings (SSSR count). The van der Waals surface area contributed by atoms with Crippen molar-refractivity contribution in [2.75, 3.05) is 24.2 Å². The van der Waals surface area contributed by atoms with Crippen molar-refractivity contribution in [1.82, 2.24) is 13.1 Å². The maximum absolute atomic E-state index is 12.9. The van der Waals surface area contributed by atoms with E-state index < -0.39 is 15.6 Å². The molecular formula is C28H53N5O4S3. The van der Waals surface area contributed by atoms with Gasteiger partial charge in [0.2, 0.25) is 0 Å². The van der Waals surface area contributed by atoms with Crippen LogP contribution in [0.1, 0.15) is 89.5 Å². The Kier molecular flexibility index (Phi) is 19.8. The Hall–Kier alpha value is -2.15. The zero-order chi connectivity index (χ0) is 31.7. The lowest BCUT2D eigenvalue weighted by Gasteiger charge is -2.30. The van der Waals surface area contributed by atoms with E-state index in [1.54, 1.807) is 20.8 Å². The van der Waals surface area contributed by atoms with Crippen LogP contribution in [-0.4, -0.2) is 45.7 Å². The molecule has 232 valence electrons. The van der Waals surface area contributed by atoms with Crippen LogP contribution in [0.15, 0.2) is 34.3 Å². The lowest BCUT2D eigenvalue weighted by atomic mass is 10.1. The van der Waals surface area contributed by atoms with Crippen LogP contribution in [0.5, 0.6) is 5.75 Å². The Bertz CT molecular complexity index is 1100. The van der Waals surface area contributed by atoms with Crippen molar-refractivity contribution < 1.29 is 18.3 Å². The maximum Gasteiger partial charge on any atom is 0.256 e. The Labute approximate surface area is 252 Å². The van der Waals surface area contributed by atoms with Crippen molar-refractivity contribution in [2.45, 2.75) is 99.3 Å². The van der Waals surface area contributed by atoms with Crippen LogP contribution in [0, 0.1) is 11.8 Å². The van der Waals surface area contributed by atoms with Crippen molar-refractivity contribution in [1.29, 1.82) is 0 Å². The number of anilines is 3.